The molecule has 1 heterocycles. The Balaban J connectivity index is 2.74. The Morgan fingerprint density at radius 3 is 3.10 bits per heavy atom. The van der Waals surface area contributed by atoms with E-state index in [1.54, 1.807) is 12.3 Å². The molecule has 4 nitrogen and oxygen atoms in total. The van der Waals surface area contributed by atoms with Crippen molar-refractivity contribution in [3.05, 3.63) is 34.1 Å². The second kappa shape index (κ2) is 2.94. The lowest BCUT2D eigenvalue weighted by Crippen LogP contribution is -1.77. The van der Waals surface area contributed by atoms with Gasteiger partial charge in [-0.3, -0.25) is 0 Å². The van der Waals surface area contributed by atoms with Crippen molar-refractivity contribution < 1.29 is 4.42 Å². The summed E-state index contributed by atoms with van der Waals surface area (Å²) in [5, 5.41) is 3.40. The van der Waals surface area contributed by atoms with Gasteiger partial charge in [0.1, 0.15) is 5.76 Å². The van der Waals surface area contributed by atoms with Crippen LogP contribution in [0.3, 0.4) is 0 Å². The Morgan fingerprint density at radius 1 is 1.80 bits per heavy atom. The van der Waals surface area contributed by atoms with E-state index in [9.17, 15) is 0 Å². The second-order valence-corrected chi connectivity index (χ2v) is 1.89. The van der Waals surface area contributed by atoms with Crippen LogP contribution in [0.15, 0.2) is 21.9 Å². The molecule has 1 rings (SSSR count). The maximum atomic E-state index is 7.98. The third-order valence-electron chi connectivity index (χ3n) is 1.27. The number of rotatable bonds is 2. The van der Waals surface area contributed by atoms with Crippen LogP contribution in [0.1, 0.15) is 11.3 Å². The number of azide groups is 1. The van der Waals surface area contributed by atoms with Gasteiger partial charge < -0.3 is 4.42 Å². The molecule has 0 radical (unpaired) electrons. The first-order chi connectivity index (χ1) is 4.84. The van der Waals surface area contributed by atoms with Crippen molar-refractivity contribution in [1.82, 2.24) is 0 Å². The maximum absolute atomic E-state index is 7.98. The lowest BCUT2D eigenvalue weighted by atomic mass is 10.3. The van der Waals surface area contributed by atoms with Gasteiger partial charge in [0.2, 0.25) is 0 Å². The number of hydrogen-bond donors (Lipinski definition) is 0. The molecule has 0 atom stereocenters. The van der Waals surface area contributed by atoms with Gasteiger partial charge in [0.05, 0.1) is 12.8 Å². The zero-order valence-corrected chi connectivity index (χ0v) is 5.61. The predicted octanol–water partition coefficient (Wildman–Crippen LogP) is 2.40. The topological polar surface area (TPSA) is 61.9 Å². The molecule has 0 unspecified atom stereocenters. The minimum Gasteiger partial charge on any atom is -0.469 e. The first kappa shape index (κ1) is 6.71. The fourth-order valence-electron chi connectivity index (χ4n) is 0.683. The van der Waals surface area contributed by atoms with E-state index in [0.29, 0.717) is 6.54 Å². The molecule has 0 aliphatic rings. The fourth-order valence-corrected chi connectivity index (χ4v) is 0.683. The molecule has 0 aliphatic heterocycles. The second-order valence-electron chi connectivity index (χ2n) is 1.89. The first-order valence-corrected chi connectivity index (χ1v) is 2.88. The van der Waals surface area contributed by atoms with E-state index >= 15 is 0 Å². The summed E-state index contributed by atoms with van der Waals surface area (Å²) in [7, 11) is 0. The molecule has 0 aromatic carbocycles. The van der Waals surface area contributed by atoms with Crippen LogP contribution in [0.2, 0.25) is 0 Å². The van der Waals surface area contributed by atoms with Crippen molar-refractivity contribution in [1.29, 1.82) is 0 Å². The molecule has 4 heteroatoms. The van der Waals surface area contributed by atoms with Crippen molar-refractivity contribution in [2.75, 3.05) is 0 Å². The molecule has 1 aromatic heterocycles. The highest BCUT2D eigenvalue weighted by Gasteiger charge is 1.96. The van der Waals surface area contributed by atoms with Crippen LogP contribution in [0.5, 0.6) is 0 Å². The molecule has 10 heavy (non-hydrogen) atoms. The van der Waals surface area contributed by atoms with Crippen LogP contribution in [0.25, 0.3) is 10.4 Å². The van der Waals surface area contributed by atoms with Crippen molar-refractivity contribution in [3.63, 3.8) is 0 Å². The van der Waals surface area contributed by atoms with E-state index in [-0.39, 0.29) is 0 Å². The van der Waals surface area contributed by atoms with Gasteiger partial charge in [-0.05, 0) is 24.1 Å². The van der Waals surface area contributed by atoms with Crippen molar-refractivity contribution in [2.45, 2.75) is 13.5 Å². The molecule has 0 saturated carbocycles. The van der Waals surface area contributed by atoms with E-state index in [0.717, 1.165) is 11.3 Å². The molecule has 0 amide bonds. The van der Waals surface area contributed by atoms with Gasteiger partial charge in [0.15, 0.2) is 0 Å². The summed E-state index contributed by atoms with van der Waals surface area (Å²) in [6.07, 6.45) is 1.58. The van der Waals surface area contributed by atoms with Gasteiger partial charge in [-0.25, -0.2) is 0 Å². The van der Waals surface area contributed by atoms with Crippen LogP contribution in [0, 0.1) is 6.92 Å². The van der Waals surface area contributed by atoms with Gasteiger partial charge in [0.25, 0.3) is 0 Å². The monoisotopic (exact) mass is 137 g/mol. The number of hydrogen-bond acceptors (Lipinski definition) is 2. The van der Waals surface area contributed by atoms with Gasteiger partial charge in [-0.2, -0.15) is 0 Å². The van der Waals surface area contributed by atoms with E-state index in [1.807, 2.05) is 6.92 Å². The summed E-state index contributed by atoms with van der Waals surface area (Å²) >= 11 is 0. The van der Waals surface area contributed by atoms with Gasteiger partial charge in [-0.15, -0.1) is 0 Å². The Kier molecular flexibility index (Phi) is 1.97. The molecule has 0 N–H and O–H groups in total. The van der Waals surface area contributed by atoms with E-state index in [2.05, 4.69) is 10.0 Å². The summed E-state index contributed by atoms with van der Waals surface area (Å²) < 4.78 is 4.98. The predicted molar refractivity (Wildman–Crippen MR) is 36.3 cm³/mol. The molecule has 1 aromatic rings. The van der Waals surface area contributed by atoms with Crippen LogP contribution < -0.4 is 0 Å². The van der Waals surface area contributed by atoms with Crippen LogP contribution >= 0.6 is 0 Å². The Bertz CT molecular complexity index is 260. The molecule has 0 fully saturated rings. The molecule has 52 valence electrons. The van der Waals surface area contributed by atoms with Gasteiger partial charge in [0, 0.05) is 4.91 Å². The highest BCUT2D eigenvalue weighted by atomic mass is 16.3. The largest absolute Gasteiger partial charge is 0.469 e. The normalized spacial score (nSPS) is 8.90. The van der Waals surface area contributed by atoms with Crippen LogP contribution in [0.4, 0.5) is 0 Å². The number of aryl methyl sites for hydroxylation is 1. The van der Waals surface area contributed by atoms with E-state index in [4.69, 9.17) is 9.95 Å². The minimum atomic E-state index is 0.374. The Morgan fingerprint density at radius 2 is 2.60 bits per heavy atom. The van der Waals surface area contributed by atoms with Gasteiger partial charge in [-0.1, -0.05) is 5.11 Å². The molecular weight excluding hydrogens is 130 g/mol. The van der Waals surface area contributed by atoms with Crippen LogP contribution in [-0.2, 0) is 6.54 Å². The summed E-state index contributed by atoms with van der Waals surface area (Å²) in [4.78, 5) is 2.64. The highest BCUT2D eigenvalue weighted by Crippen LogP contribution is 2.09. The van der Waals surface area contributed by atoms with Crippen molar-refractivity contribution in [3.8, 4) is 0 Å². The summed E-state index contributed by atoms with van der Waals surface area (Å²) in [5.41, 5.74) is 8.93. The van der Waals surface area contributed by atoms with E-state index < -0.39 is 0 Å². The first-order valence-electron chi connectivity index (χ1n) is 2.88. The quantitative estimate of drug-likeness (QED) is 0.350. The lowest BCUT2D eigenvalue weighted by molar-refractivity contribution is 0.530. The summed E-state index contributed by atoms with van der Waals surface area (Å²) in [6.45, 7) is 2.21. The molecule has 0 spiro atoms. The number of furan rings is 1. The van der Waals surface area contributed by atoms with Crippen molar-refractivity contribution in [2.24, 2.45) is 5.11 Å². The summed E-state index contributed by atoms with van der Waals surface area (Å²) in [5.74, 6) is 0.812. The smallest absolute Gasteiger partial charge is 0.103 e. The van der Waals surface area contributed by atoms with Crippen LogP contribution in [-0.4, -0.2) is 0 Å². The zero-order valence-electron chi connectivity index (χ0n) is 5.61. The molecular formula is C6H7N3O. The Labute approximate surface area is 58.1 Å². The summed E-state index contributed by atoms with van der Waals surface area (Å²) in [6, 6.07) is 1.80. The lowest BCUT2D eigenvalue weighted by Gasteiger charge is -1.87. The SMILES string of the molecule is Cc1occc1CN=[N+]=[N-]. The van der Waals surface area contributed by atoms with Crippen molar-refractivity contribution >= 4 is 0 Å². The fraction of sp³-hybridized carbons (Fsp3) is 0.333. The Hall–Kier alpha value is -1.41. The zero-order chi connectivity index (χ0) is 7.40. The third-order valence-corrected chi connectivity index (χ3v) is 1.27. The third kappa shape index (κ3) is 1.30. The molecule has 0 aliphatic carbocycles. The molecule has 0 bridgehead atoms. The average molecular weight is 137 g/mol. The average Bonchev–Trinajstić information content (AvgIpc) is 2.31. The minimum absolute atomic E-state index is 0.374. The maximum Gasteiger partial charge on any atom is 0.103 e. The van der Waals surface area contributed by atoms with Gasteiger partial charge >= 0.3 is 0 Å². The number of nitrogens with zero attached hydrogens (tertiary/aromatic N) is 3. The highest BCUT2D eigenvalue weighted by molar-refractivity contribution is 5.14. The molecule has 0 saturated heterocycles. The van der Waals surface area contributed by atoms with E-state index in [1.165, 1.54) is 0 Å². The standard InChI is InChI=1S/C6H7N3O/c1-5-6(2-3-10-5)4-8-9-7/h2-3H,4H2,1H3.